The van der Waals surface area contributed by atoms with Gasteiger partial charge in [-0.3, -0.25) is 19.1 Å². The van der Waals surface area contributed by atoms with Gasteiger partial charge in [-0.05, 0) is 57.6 Å². The van der Waals surface area contributed by atoms with Crippen LogP contribution < -0.4 is 15.6 Å². The van der Waals surface area contributed by atoms with Gasteiger partial charge in [0.05, 0.1) is 24.7 Å². The predicted octanol–water partition coefficient (Wildman–Crippen LogP) is 4.78. The Kier molecular flexibility index (Phi) is 7.59. The van der Waals surface area contributed by atoms with E-state index in [4.69, 9.17) is 21.3 Å². The van der Waals surface area contributed by atoms with Gasteiger partial charge in [-0.25, -0.2) is 4.98 Å². The molecule has 0 bridgehead atoms. The zero-order chi connectivity index (χ0) is 23.6. The van der Waals surface area contributed by atoms with Crippen LogP contribution >= 0.6 is 22.9 Å². The van der Waals surface area contributed by atoms with Crippen molar-refractivity contribution in [3.8, 4) is 5.75 Å². The molecule has 1 amide bonds. The molecule has 3 aromatic rings. The zero-order valence-corrected chi connectivity index (χ0v) is 20.9. The third kappa shape index (κ3) is 4.67. The van der Waals surface area contributed by atoms with Crippen LogP contribution in [-0.4, -0.2) is 40.6 Å². The molecule has 0 saturated heterocycles. The Balaban J connectivity index is 2.09. The van der Waals surface area contributed by atoms with Gasteiger partial charge in [0, 0.05) is 9.90 Å². The van der Waals surface area contributed by atoms with E-state index in [2.05, 4.69) is 24.1 Å². The number of carbonyl (C=O) groups is 1. The maximum atomic E-state index is 13.6. The molecule has 0 saturated carbocycles. The number of hydrogen-bond acceptors (Lipinski definition) is 6. The van der Waals surface area contributed by atoms with Crippen molar-refractivity contribution < 1.29 is 9.53 Å². The van der Waals surface area contributed by atoms with E-state index >= 15 is 0 Å². The van der Waals surface area contributed by atoms with E-state index in [1.54, 1.807) is 25.1 Å². The first-order chi connectivity index (χ1) is 15.2. The standard InChI is InChI=1S/C23H29ClN4O3S/c1-7-27(8-2)12-19-26-22-20(13(3)15(5)32-22)23(30)28(19)14(4)21(29)25-17-11-16(24)9-10-18(17)31-6/h9-11,14H,7-8,12H2,1-6H3,(H,25,29). The largest absolute Gasteiger partial charge is 0.495 e. The second-order valence-corrected chi connectivity index (χ2v) is 9.28. The summed E-state index contributed by atoms with van der Waals surface area (Å²) in [7, 11) is 1.52. The van der Waals surface area contributed by atoms with Crippen molar-refractivity contribution in [3.05, 3.63) is 49.8 Å². The maximum Gasteiger partial charge on any atom is 0.263 e. The van der Waals surface area contributed by atoms with Gasteiger partial charge in [0.1, 0.15) is 22.4 Å². The summed E-state index contributed by atoms with van der Waals surface area (Å²) in [5.41, 5.74) is 1.17. The molecule has 9 heteroatoms. The number of nitrogens with one attached hydrogen (secondary N) is 1. The summed E-state index contributed by atoms with van der Waals surface area (Å²) in [4.78, 5) is 35.6. The van der Waals surface area contributed by atoms with E-state index in [1.165, 1.54) is 23.0 Å². The van der Waals surface area contributed by atoms with Gasteiger partial charge in [0.25, 0.3) is 5.56 Å². The number of nitrogens with zero attached hydrogens (tertiary/aromatic N) is 3. The van der Waals surface area contributed by atoms with E-state index in [0.717, 1.165) is 23.5 Å². The molecule has 0 radical (unpaired) electrons. The second kappa shape index (κ2) is 10.0. The van der Waals surface area contributed by atoms with Gasteiger partial charge in [0.2, 0.25) is 5.91 Å². The van der Waals surface area contributed by atoms with Crippen molar-refractivity contribution in [2.24, 2.45) is 0 Å². The molecule has 2 aromatic heterocycles. The molecule has 0 fully saturated rings. The molecule has 0 aliphatic carbocycles. The summed E-state index contributed by atoms with van der Waals surface area (Å²) >= 11 is 7.61. The van der Waals surface area contributed by atoms with Crippen LogP contribution in [0.4, 0.5) is 5.69 Å². The summed E-state index contributed by atoms with van der Waals surface area (Å²) in [6.07, 6.45) is 0. The Morgan fingerprint density at radius 3 is 2.62 bits per heavy atom. The number of rotatable bonds is 8. The quantitative estimate of drug-likeness (QED) is 0.506. The third-order valence-electron chi connectivity index (χ3n) is 5.75. The van der Waals surface area contributed by atoms with Crippen molar-refractivity contribution in [2.75, 3.05) is 25.5 Å². The number of thiophene rings is 1. The van der Waals surface area contributed by atoms with E-state index in [0.29, 0.717) is 39.0 Å². The summed E-state index contributed by atoms with van der Waals surface area (Å²) in [5.74, 6) is 0.718. The second-order valence-electron chi connectivity index (χ2n) is 7.64. The van der Waals surface area contributed by atoms with E-state index in [-0.39, 0.29) is 11.5 Å². The molecule has 3 rings (SSSR count). The fourth-order valence-corrected chi connectivity index (χ4v) is 4.85. The van der Waals surface area contributed by atoms with Gasteiger partial charge < -0.3 is 10.1 Å². The first-order valence-electron chi connectivity index (χ1n) is 10.6. The molecule has 0 spiro atoms. The number of carbonyl (C=O) groups excluding carboxylic acids is 1. The van der Waals surface area contributed by atoms with Crippen molar-refractivity contribution in [2.45, 2.75) is 47.2 Å². The zero-order valence-electron chi connectivity index (χ0n) is 19.3. The van der Waals surface area contributed by atoms with E-state index in [9.17, 15) is 9.59 Å². The molecule has 1 atom stereocenters. The fourth-order valence-electron chi connectivity index (χ4n) is 3.64. The lowest BCUT2D eigenvalue weighted by Crippen LogP contribution is -2.37. The van der Waals surface area contributed by atoms with E-state index < -0.39 is 6.04 Å². The molecule has 0 aliphatic heterocycles. The lowest BCUT2D eigenvalue weighted by Gasteiger charge is -2.23. The normalized spacial score (nSPS) is 12.4. The summed E-state index contributed by atoms with van der Waals surface area (Å²) in [5, 5.41) is 3.91. The van der Waals surface area contributed by atoms with Crippen molar-refractivity contribution in [3.63, 3.8) is 0 Å². The summed E-state index contributed by atoms with van der Waals surface area (Å²) in [6, 6.07) is 4.21. The maximum absolute atomic E-state index is 13.6. The van der Waals surface area contributed by atoms with Crippen LogP contribution in [0.1, 0.15) is 43.1 Å². The van der Waals surface area contributed by atoms with Gasteiger partial charge >= 0.3 is 0 Å². The number of benzene rings is 1. The number of halogens is 1. The Morgan fingerprint density at radius 1 is 1.31 bits per heavy atom. The molecular weight excluding hydrogens is 448 g/mol. The average Bonchev–Trinajstić information content (AvgIpc) is 3.05. The first kappa shape index (κ1) is 24.2. The van der Waals surface area contributed by atoms with E-state index in [1.807, 2.05) is 13.8 Å². The number of aryl methyl sites for hydroxylation is 2. The molecule has 7 nitrogen and oxygen atoms in total. The van der Waals surface area contributed by atoms with Crippen LogP contribution in [-0.2, 0) is 11.3 Å². The minimum atomic E-state index is -0.784. The molecule has 1 aromatic carbocycles. The lowest BCUT2D eigenvalue weighted by atomic mass is 10.2. The van der Waals surface area contributed by atoms with Gasteiger partial charge in [-0.1, -0.05) is 25.4 Å². The lowest BCUT2D eigenvalue weighted by molar-refractivity contribution is -0.119. The topological polar surface area (TPSA) is 76.5 Å². The average molecular weight is 477 g/mol. The molecule has 2 heterocycles. The van der Waals surface area contributed by atoms with Crippen LogP contribution in [0.2, 0.25) is 5.02 Å². The highest BCUT2D eigenvalue weighted by Crippen LogP contribution is 2.30. The molecule has 32 heavy (non-hydrogen) atoms. The molecule has 1 unspecified atom stereocenters. The van der Waals surface area contributed by atoms with Gasteiger partial charge in [-0.15, -0.1) is 11.3 Å². The number of fused-ring (bicyclic) bond motifs is 1. The number of ether oxygens (including phenoxy) is 1. The molecule has 0 aliphatic rings. The Morgan fingerprint density at radius 2 is 2.00 bits per heavy atom. The van der Waals surface area contributed by atoms with Gasteiger partial charge in [0.15, 0.2) is 0 Å². The van der Waals surface area contributed by atoms with Crippen molar-refractivity contribution in [1.82, 2.24) is 14.5 Å². The Labute approximate surface area is 197 Å². The van der Waals surface area contributed by atoms with Crippen LogP contribution in [0.15, 0.2) is 23.0 Å². The molecule has 1 N–H and O–H groups in total. The van der Waals surface area contributed by atoms with Crippen molar-refractivity contribution in [1.29, 1.82) is 0 Å². The van der Waals surface area contributed by atoms with Crippen LogP contribution in [0.25, 0.3) is 10.2 Å². The van der Waals surface area contributed by atoms with Gasteiger partial charge in [-0.2, -0.15) is 0 Å². The third-order valence-corrected chi connectivity index (χ3v) is 7.09. The number of aromatic nitrogens is 2. The number of anilines is 1. The highest BCUT2D eigenvalue weighted by atomic mass is 35.5. The SMILES string of the molecule is CCN(CC)Cc1nc2sc(C)c(C)c2c(=O)n1C(C)C(=O)Nc1cc(Cl)ccc1OC. The monoisotopic (exact) mass is 476 g/mol. The predicted molar refractivity (Wildman–Crippen MR) is 131 cm³/mol. The molecule has 172 valence electrons. The Bertz CT molecular complexity index is 1200. The minimum Gasteiger partial charge on any atom is -0.495 e. The van der Waals surface area contributed by atoms with Crippen LogP contribution in [0.5, 0.6) is 5.75 Å². The summed E-state index contributed by atoms with van der Waals surface area (Å²) < 4.78 is 6.85. The summed E-state index contributed by atoms with van der Waals surface area (Å²) in [6.45, 7) is 11.8. The Hall–Kier alpha value is -2.42. The smallest absolute Gasteiger partial charge is 0.263 e. The first-order valence-corrected chi connectivity index (χ1v) is 11.8. The number of amides is 1. The highest BCUT2D eigenvalue weighted by molar-refractivity contribution is 7.18. The fraction of sp³-hybridized carbons (Fsp3) is 0.435. The van der Waals surface area contributed by atoms with Crippen LogP contribution in [0.3, 0.4) is 0 Å². The molecular formula is C23H29ClN4O3S. The minimum absolute atomic E-state index is 0.195. The van der Waals surface area contributed by atoms with Crippen molar-refractivity contribution >= 4 is 44.7 Å². The highest BCUT2D eigenvalue weighted by Gasteiger charge is 2.25. The van der Waals surface area contributed by atoms with Crippen LogP contribution in [0, 0.1) is 13.8 Å². The number of hydrogen-bond donors (Lipinski definition) is 1. The number of methoxy groups -OCH3 is 1.